The molecule has 0 bridgehead atoms. The molecular weight excluding hydrogens is 390 g/mol. The van der Waals surface area contributed by atoms with Crippen molar-refractivity contribution in [3.05, 3.63) is 50.0 Å². The van der Waals surface area contributed by atoms with E-state index < -0.39 is 5.97 Å². The van der Waals surface area contributed by atoms with Crippen molar-refractivity contribution in [2.75, 3.05) is 6.61 Å². The molecule has 0 aromatic heterocycles. The second-order valence-electron chi connectivity index (χ2n) is 7.93. The number of benzene rings is 2. The molecule has 2 aliphatic heterocycles. The molecule has 29 heavy (non-hydrogen) atoms. The van der Waals surface area contributed by atoms with Crippen LogP contribution < -0.4 is 4.74 Å². The number of nitrogens with zero attached hydrogens (tertiary/aromatic N) is 1. The van der Waals surface area contributed by atoms with E-state index in [-0.39, 0.29) is 6.42 Å². The van der Waals surface area contributed by atoms with Crippen molar-refractivity contribution in [2.24, 2.45) is 0 Å². The summed E-state index contributed by atoms with van der Waals surface area (Å²) in [6.07, 6.45) is 2.62. The molecule has 4 rings (SSSR count). The average molecular weight is 414 g/mol. The summed E-state index contributed by atoms with van der Waals surface area (Å²) in [4.78, 5) is 24.8. The minimum Gasteiger partial charge on any atom is -0.492 e. The van der Waals surface area contributed by atoms with Gasteiger partial charge in [-0.2, -0.15) is 0 Å². The monoisotopic (exact) mass is 413 g/mol. The van der Waals surface area contributed by atoms with Gasteiger partial charge in [-0.1, -0.05) is 11.6 Å². The van der Waals surface area contributed by atoms with E-state index >= 15 is 0 Å². The van der Waals surface area contributed by atoms with Gasteiger partial charge >= 0.3 is 5.97 Å². The standard InChI is InChI=1S/C23H24ClNO4/c1-12-15-5-4-6-29-23(15)20(24)7-16(12)22-14(3)19-10-25(11-26)9-18(19)13(2)17(22)8-21(27)28/h7,11H,4-6,8-10H2,1-3H3,(H,27,28). The largest absolute Gasteiger partial charge is 0.492 e. The molecule has 5 nitrogen and oxygen atoms in total. The first-order valence-corrected chi connectivity index (χ1v) is 10.2. The number of carboxylic acids is 1. The van der Waals surface area contributed by atoms with Gasteiger partial charge in [0.1, 0.15) is 5.75 Å². The molecule has 2 aliphatic rings. The lowest BCUT2D eigenvalue weighted by molar-refractivity contribution is -0.136. The molecule has 2 aromatic carbocycles. The number of carbonyl (C=O) groups excluding carboxylic acids is 1. The molecule has 1 amide bonds. The summed E-state index contributed by atoms with van der Waals surface area (Å²) < 4.78 is 5.81. The van der Waals surface area contributed by atoms with Crippen LogP contribution in [-0.4, -0.2) is 29.0 Å². The fourth-order valence-electron chi connectivity index (χ4n) is 4.82. The van der Waals surface area contributed by atoms with Gasteiger partial charge in [-0.25, -0.2) is 0 Å². The van der Waals surface area contributed by atoms with Crippen molar-refractivity contribution >= 4 is 24.0 Å². The van der Waals surface area contributed by atoms with Crippen LogP contribution in [0.4, 0.5) is 0 Å². The number of ether oxygens (including phenoxy) is 1. The minimum absolute atomic E-state index is 0.0684. The van der Waals surface area contributed by atoms with Crippen LogP contribution in [-0.2, 0) is 35.5 Å². The van der Waals surface area contributed by atoms with Crippen molar-refractivity contribution < 1.29 is 19.4 Å². The maximum Gasteiger partial charge on any atom is 0.307 e. The molecular formula is C23H24ClNO4. The highest BCUT2D eigenvalue weighted by atomic mass is 35.5. The lowest BCUT2D eigenvalue weighted by Crippen LogP contribution is -2.13. The van der Waals surface area contributed by atoms with Gasteiger partial charge in [0.2, 0.25) is 6.41 Å². The fraction of sp³-hybridized carbons (Fsp3) is 0.391. The molecule has 2 aromatic rings. The Bertz CT molecular complexity index is 1040. The van der Waals surface area contributed by atoms with Gasteiger partial charge < -0.3 is 14.7 Å². The third kappa shape index (κ3) is 3.18. The first-order valence-electron chi connectivity index (χ1n) is 9.83. The summed E-state index contributed by atoms with van der Waals surface area (Å²) in [5.74, 6) is -0.120. The summed E-state index contributed by atoms with van der Waals surface area (Å²) in [5.41, 5.74) is 9.06. The zero-order valence-corrected chi connectivity index (χ0v) is 17.7. The van der Waals surface area contributed by atoms with Crippen LogP contribution >= 0.6 is 11.6 Å². The number of rotatable bonds is 4. The Hall–Kier alpha value is -2.53. The van der Waals surface area contributed by atoms with Gasteiger partial charge in [0.25, 0.3) is 0 Å². The minimum atomic E-state index is -0.871. The fourth-order valence-corrected chi connectivity index (χ4v) is 5.10. The van der Waals surface area contributed by atoms with Crippen LogP contribution in [0.15, 0.2) is 6.07 Å². The van der Waals surface area contributed by atoms with E-state index in [1.165, 1.54) is 0 Å². The Morgan fingerprint density at radius 2 is 1.86 bits per heavy atom. The third-order valence-electron chi connectivity index (χ3n) is 6.30. The smallest absolute Gasteiger partial charge is 0.307 e. The predicted octanol–water partition coefficient (Wildman–Crippen LogP) is 4.36. The zero-order valence-electron chi connectivity index (χ0n) is 16.9. The van der Waals surface area contributed by atoms with E-state index in [9.17, 15) is 14.7 Å². The summed E-state index contributed by atoms with van der Waals surface area (Å²) in [5, 5.41) is 10.2. The number of fused-ring (bicyclic) bond motifs is 2. The van der Waals surface area contributed by atoms with E-state index in [4.69, 9.17) is 16.3 Å². The van der Waals surface area contributed by atoms with Crippen molar-refractivity contribution in [1.29, 1.82) is 0 Å². The molecule has 0 aliphatic carbocycles. The molecule has 0 saturated heterocycles. The number of carboxylic acid groups (broad SMARTS) is 1. The molecule has 2 heterocycles. The highest BCUT2D eigenvalue weighted by molar-refractivity contribution is 6.32. The first-order chi connectivity index (χ1) is 13.8. The number of halogens is 1. The van der Waals surface area contributed by atoms with Gasteiger partial charge in [0, 0.05) is 13.1 Å². The van der Waals surface area contributed by atoms with E-state index in [1.54, 1.807) is 4.90 Å². The second-order valence-corrected chi connectivity index (χ2v) is 8.34. The van der Waals surface area contributed by atoms with E-state index in [2.05, 4.69) is 6.92 Å². The van der Waals surface area contributed by atoms with Crippen LogP contribution in [0.3, 0.4) is 0 Å². The van der Waals surface area contributed by atoms with Crippen LogP contribution in [0.1, 0.15) is 45.4 Å². The molecule has 0 spiro atoms. The van der Waals surface area contributed by atoms with E-state index in [0.29, 0.717) is 24.7 Å². The lowest BCUT2D eigenvalue weighted by Gasteiger charge is -2.26. The van der Waals surface area contributed by atoms with Crippen LogP contribution in [0.2, 0.25) is 5.02 Å². The van der Waals surface area contributed by atoms with Crippen LogP contribution in [0, 0.1) is 20.8 Å². The Morgan fingerprint density at radius 1 is 1.17 bits per heavy atom. The molecule has 0 radical (unpaired) electrons. The average Bonchev–Trinajstić information content (AvgIpc) is 3.14. The number of amides is 1. The predicted molar refractivity (Wildman–Crippen MR) is 112 cm³/mol. The molecule has 1 N–H and O–H groups in total. The Balaban J connectivity index is 2.02. The molecule has 152 valence electrons. The maximum atomic E-state index is 11.7. The van der Waals surface area contributed by atoms with E-state index in [1.807, 2.05) is 19.9 Å². The molecule has 0 fully saturated rings. The van der Waals surface area contributed by atoms with Crippen molar-refractivity contribution in [3.8, 4) is 16.9 Å². The second kappa shape index (κ2) is 7.38. The Kier molecular flexibility index (Phi) is 5.03. The quantitative estimate of drug-likeness (QED) is 0.756. The molecule has 6 heteroatoms. The number of carbonyl (C=O) groups is 2. The SMILES string of the molecule is Cc1c(-c2c(C)c3c(c(C)c2CC(=O)O)CN(C=O)C3)cc(Cl)c2c1CCCO2. The van der Waals surface area contributed by atoms with Gasteiger partial charge in [0.15, 0.2) is 0 Å². The Morgan fingerprint density at radius 3 is 2.52 bits per heavy atom. The number of hydrogen-bond acceptors (Lipinski definition) is 3. The highest BCUT2D eigenvalue weighted by Crippen LogP contribution is 2.45. The Labute approximate surface area is 175 Å². The topological polar surface area (TPSA) is 66.8 Å². The summed E-state index contributed by atoms with van der Waals surface area (Å²) in [6, 6.07) is 1.91. The molecule has 0 saturated carbocycles. The summed E-state index contributed by atoms with van der Waals surface area (Å²) in [7, 11) is 0. The van der Waals surface area contributed by atoms with Gasteiger partial charge in [0.05, 0.1) is 18.1 Å². The molecule has 0 atom stereocenters. The van der Waals surface area contributed by atoms with Crippen molar-refractivity contribution in [3.63, 3.8) is 0 Å². The van der Waals surface area contributed by atoms with Crippen molar-refractivity contribution in [2.45, 2.75) is 53.1 Å². The number of hydrogen-bond donors (Lipinski definition) is 1. The molecule has 0 unspecified atom stereocenters. The highest BCUT2D eigenvalue weighted by Gasteiger charge is 2.29. The first kappa shape index (κ1) is 19.8. The van der Waals surface area contributed by atoms with Gasteiger partial charge in [-0.15, -0.1) is 0 Å². The summed E-state index contributed by atoms with van der Waals surface area (Å²) in [6.45, 7) is 7.78. The van der Waals surface area contributed by atoms with Crippen LogP contribution in [0.5, 0.6) is 5.75 Å². The van der Waals surface area contributed by atoms with Crippen molar-refractivity contribution in [1.82, 2.24) is 4.90 Å². The van der Waals surface area contributed by atoms with Crippen LogP contribution in [0.25, 0.3) is 11.1 Å². The van der Waals surface area contributed by atoms with E-state index in [0.717, 1.165) is 75.1 Å². The zero-order chi connectivity index (χ0) is 20.9. The van der Waals surface area contributed by atoms with Gasteiger partial charge in [-0.05, 0) is 89.8 Å². The lowest BCUT2D eigenvalue weighted by atomic mass is 9.82. The normalized spacial score (nSPS) is 15.0. The third-order valence-corrected chi connectivity index (χ3v) is 6.58. The van der Waals surface area contributed by atoms with Gasteiger partial charge in [-0.3, -0.25) is 9.59 Å². The summed E-state index contributed by atoms with van der Waals surface area (Å²) >= 11 is 6.59. The maximum absolute atomic E-state index is 11.7. The number of aliphatic carboxylic acids is 1.